The molecule has 102 valence electrons. The highest BCUT2D eigenvalue weighted by molar-refractivity contribution is 7.99. The van der Waals surface area contributed by atoms with Crippen molar-refractivity contribution in [3.63, 3.8) is 0 Å². The van der Waals surface area contributed by atoms with Gasteiger partial charge in [0.2, 0.25) is 0 Å². The zero-order chi connectivity index (χ0) is 13.1. The van der Waals surface area contributed by atoms with E-state index in [1.54, 1.807) is 12.1 Å². The van der Waals surface area contributed by atoms with Crippen LogP contribution >= 0.6 is 11.8 Å². The lowest BCUT2D eigenvalue weighted by Crippen LogP contribution is -2.30. The first-order valence-corrected chi connectivity index (χ1v) is 8.12. The molecule has 2 aliphatic rings. The van der Waals surface area contributed by atoms with Crippen molar-refractivity contribution in [1.29, 1.82) is 0 Å². The molecule has 1 N–H and O–H groups in total. The Morgan fingerprint density at radius 1 is 1.26 bits per heavy atom. The third-order valence-corrected chi connectivity index (χ3v) is 5.16. The lowest BCUT2D eigenvalue weighted by molar-refractivity contribution is 0.397. The van der Waals surface area contributed by atoms with E-state index in [4.69, 9.17) is 0 Å². The molecule has 0 saturated carbocycles. The smallest absolute Gasteiger partial charge is 0.123 e. The first-order chi connectivity index (χ1) is 9.33. The van der Waals surface area contributed by atoms with Crippen LogP contribution in [0, 0.1) is 11.7 Å². The Morgan fingerprint density at radius 2 is 2.21 bits per heavy atom. The summed E-state index contributed by atoms with van der Waals surface area (Å²) < 4.78 is 13.4. The Hall–Kier alpha value is -0.800. The summed E-state index contributed by atoms with van der Waals surface area (Å²) >= 11 is 1.84. The van der Waals surface area contributed by atoms with Crippen molar-refractivity contribution in [2.24, 2.45) is 5.92 Å². The number of nitrogens with one attached hydrogen (secondary N) is 1. The minimum absolute atomic E-state index is 0.117. The average molecular weight is 277 g/mol. The molecule has 0 radical (unpaired) electrons. The summed E-state index contributed by atoms with van der Waals surface area (Å²) in [5, 5.41) is 3.66. The van der Waals surface area contributed by atoms with Crippen molar-refractivity contribution < 1.29 is 4.39 Å². The fourth-order valence-corrected chi connectivity index (χ4v) is 4.03. The molecular formula is C16H20FNS. The standard InChI is InChI=1S/C16H20FNS/c17-13-6-7-16-14(10-13)15(8-9-19-16)18-11-12-4-2-1-3-5-12/h1-2,6-7,10,12,15,18H,3-5,8-9,11H2. The maximum Gasteiger partial charge on any atom is 0.123 e. The van der Waals surface area contributed by atoms with Crippen LogP contribution in [0.5, 0.6) is 0 Å². The van der Waals surface area contributed by atoms with Gasteiger partial charge in [0.1, 0.15) is 5.82 Å². The molecule has 1 aromatic carbocycles. The van der Waals surface area contributed by atoms with Crippen LogP contribution in [-0.4, -0.2) is 12.3 Å². The van der Waals surface area contributed by atoms with Crippen LogP contribution in [0.25, 0.3) is 0 Å². The second-order valence-electron chi connectivity index (χ2n) is 5.43. The Morgan fingerprint density at radius 3 is 3.05 bits per heavy atom. The molecule has 19 heavy (non-hydrogen) atoms. The van der Waals surface area contributed by atoms with Crippen molar-refractivity contribution in [3.05, 3.63) is 41.7 Å². The summed E-state index contributed by atoms with van der Waals surface area (Å²) in [6.45, 7) is 1.05. The second kappa shape index (κ2) is 6.10. The van der Waals surface area contributed by atoms with E-state index in [2.05, 4.69) is 17.5 Å². The molecule has 3 rings (SSSR count). The highest BCUT2D eigenvalue weighted by atomic mass is 32.2. The molecule has 0 saturated heterocycles. The molecule has 1 aliphatic heterocycles. The molecule has 1 heterocycles. The van der Waals surface area contributed by atoms with Crippen LogP contribution in [-0.2, 0) is 0 Å². The summed E-state index contributed by atoms with van der Waals surface area (Å²) in [6.07, 6.45) is 9.34. The Labute approximate surface area is 118 Å². The van der Waals surface area contributed by atoms with Crippen molar-refractivity contribution in [1.82, 2.24) is 5.32 Å². The lowest BCUT2D eigenvalue weighted by Gasteiger charge is -2.28. The van der Waals surface area contributed by atoms with Crippen LogP contribution in [0.2, 0.25) is 0 Å². The summed E-state index contributed by atoms with van der Waals surface area (Å²) in [4.78, 5) is 1.24. The van der Waals surface area contributed by atoms with Gasteiger partial charge in [-0.15, -0.1) is 11.8 Å². The van der Waals surface area contributed by atoms with Crippen molar-refractivity contribution >= 4 is 11.8 Å². The number of thioether (sulfide) groups is 1. The van der Waals surface area contributed by atoms with Crippen molar-refractivity contribution in [2.45, 2.75) is 36.6 Å². The van der Waals surface area contributed by atoms with Crippen molar-refractivity contribution in [2.75, 3.05) is 12.3 Å². The molecular weight excluding hydrogens is 257 g/mol. The maximum absolute atomic E-state index is 13.4. The van der Waals surface area contributed by atoms with E-state index in [1.807, 2.05) is 17.8 Å². The highest BCUT2D eigenvalue weighted by Gasteiger charge is 2.22. The third kappa shape index (κ3) is 3.21. The van der Waals surface area contributed by atoms with Gasteiger partial charge >= 0.3 is 0 Å². The normalized spacial score (nSPS) is 26.2. The van der Waals surface area contributed by atoms with Gasteiger partial charge in [0, 0.05) is 10.9 Å². The zero-order valence-corrected chi connectivity index (χ0v) is 11.9. The minimum Gasteiger partial charge on any atom is -0.310 e. The number of hydrogen-bond acceptors (Lipinski definition) is 2. The van der Waals surface area contributed by atoms with Gasteiger partial charge < -0.3 is 5.32 Å². The van der Waals surface area contributed by atoms with E-state index in [-0.39, 0.29) is 5.82 Å². The predicted octanol–water partition coefficient (Wildman–Crippen LogP) is 4.31. The van der Waals surface area contributed by atoms with Gasteiger partial charge in [-0.25, -0.2) is 4.39 Å². The third-order valence-electron chi connectivity index (χ3n) is 4.04. The summed E-state index contributed by atoms with van der Waals surface area (Å²) in [6, 6.07) is 5.53. The first kappa shape index (κ1) is 13.2. The van der Waals surface area contributed by atoms with E-state index in [0.717, 1.165) is 30.2 Å². The van der Waals surface area contributed by atoms with E-state index in [1.165, 1.54) is 24.2 Å². The Balaban J connectivity index is 1.66. The number of fused-ring (bicyclic) bond motifs is 1. The number of hydrogen-bond donors (Lipinski definition) is 1. The highest BCUT2D eigenvalue weighted by Crippen LogP contribution is 2.36. The molecule has 0 spiro atoms. The maximum atomic E-state index is 13.4. The summed E-state index contributed by atoms with van der Waals surface area (Å²) in [7, 11) is 0. The topological polar surface area (TPSA) is 12.0 Å². The van der Waals surface area contributed by atoms with Crippen LogP contribution in [0.3, 0.4) is 0 Å². The van der Waals surface area contributed by atoms with E-state index >= 15 is 0 Å². The fourth-order valence-electron chi connectivity index (χ4n) is 2.93. The Bertz CT molecular complexity index is 472. The fraction of sp³-hybridized carbons (Fsp3) is 0.500. The minimum atomic E-state index is -0.117. The number of halogens is 1. The van der Waals surface area contributed by atoms with E-state index < -0.39 is 0 Å². The quantitative estimate of drug-likeness (QED) is 0.826. The monoisotopic (exact) mass is 277 g/mol. The molecule has 3 heteroatoms. The van der Waals surface area contributed by atoms with Crippen LogP contribution < -0.4 is 5.32 Å². The predicted molar refractivity (Wildman–Crippen MR) is 79.0 cm³/mol. The molecule has 2 atom stereocenters. The summed E-state index contributed by atoms with van der Waals surface area (Å²) in [5.74, 6) is 1.76. The van der Waals surface area contributed by atoms with Crippen LogP contribution in [0.1, 0.15) is 37.3 Å². The van der Waals surface area contributed by atoms with Crippen molar-refractivity contribution in [3.8, 4) is 0 Å². The number of rotatable bonds is 3. The number of benzene rings is 1. The number of allylic oxidation sites excluding steroid dienone is 2. The van der Waals surface area contributed by atoms with Gasteiger partial charge in [-0.1, -0.05) is 12.2 Å². The largest absolute Gasteiger partial charge is 0.310 e. The zero-order valence-electron chi connectivity index (χ0n) is 11.1. The molecule has 1 aliphatic carbocycles. The van der Waals surface area contributed by atoms with Crippen LogP contribution in [0.4, 0.5) is 4.39 Å². The molecule has 1 aromatic rings. The van der Waals surface area contributed by atoms with Gasteiger partial charge in [-0.05, 0) is 67.7 Å². The molecule has 2 unspecified atom stereocenters. The Kier molecular flexibility index (Phi) is 4.24. The van der Waals surface area contributed by atoms with Gasteiger partial charge in [0.15, 0.2) is 0 Å². The van der Waals surface area contributed by atoms with Crippen LogP contribution in [0.15, 0.2) is 35.2 Å². The van der Waals surface area contributed by atoms with Gasteiger partial charge in [-0.2, -0.15) is 0 Å². The lowest BCUT2D eigenvalue weighted by atomic mass is 9.93. The second-order valence-corrected chi connectivity index (χ2v) is 6.57. The summed E-state index contributed by atoms with van der Waals surface area (Å²) in [5.41, 5.74) is 1.16. The van der Waals surface area contributed by atoms with E-state index in [9.17, 15) is 4.39 Å². The van der Waals surface area contributed by atoms with E-state index in [0.29, 0.717) is 6.04 Å². The average Bonchev–Trinajstić information content (AvgIpc) is 2.46. The molecule has 0 aromatic heterocycles. The molecule has 0 bridgehead atoms. The molecule has 0 fully saturated rings. The molecule has 1 nitrogen and oxygen atoms in total. The van der Waals surface area contributed by atoms with Gasteiger partial charge in [0.05, 0.1) is 0 Å². The van der Waals surface area contributed by atoms with Gasteiger partial charge in [0.25, 0.3) is 0 Å². The SMILES string of the molecule is Fc1ccc2c(c1)C(NCC1CC=CCC1)CCS2. The first-order valence-electron chi connectivity index (χ1n) is 7.13. The molecule has 0 amide bonds. The van der Waals surface area contributed by atoms with Gasteiger partial charge in [-0.3, -0.25) is 0 Å².